The zero-order valence-electron chi connectivity index (χ0n) is 15.8. The third-order valence-corrected chi connectivity index (χ3v) is 4.42. The molecule has 29 heavy (non-hydrogen) atoms. The summed E-state index contributed by atoms with van der Waals surface area (Å²) in [5, 5.41) is 14.6. The third-order valence-electron chi connectivity index (χ3n) is 4.42. The molecule has 2 amide bonds. The second-order valence-electron chi connectivity index (χ2n) is 6.42. The summed E-state index contributed by atoms with van der Waals surface area (Å²) in [7, 11) is 0. The minimum absolute atomic E-state index is 0.0623. The van der Waals surface area contributed by atoms with E-state index < -0.39 is 10.8 Å². The normalized spacial score (nSPS) is 16.2. The molecule has 9 nitrogen and oxygen atoms in total. The maximum absolute atomic E-state index is 12.3. The van der Waals surface area contributed by atoms with Crippen molar-refractivity contribution in [3.05, 3.63) is 64.2 Å². The van der Waals surface area contributed by atoms with E-state index in [1.165, 1.54) is 24.4 Å². The first kappa shape index (κ1) is 20.0. The van der Waals surface area contributed by atoms with Crippen LogP contribution in [0.3, 0.4) is 0 Å². The standard InChI is InChI=1S/C20H20N4O5/c1-2-29-18-8-6-16(7-9-18)23-13-15(11-19(23)25)20(26)22-21-12-14-4-3-5-17(10-14)24(27)28/h3-10,12,15H,2,11,13H2,1H3,(H,22,26)/b21-12-/t15-/m1/s1. The molecule has 2 aromatic carbocycles. The Bertz CT molecular complexity index is 942. The molecule has 0 radical (unpaired) electrons. The molecule has 1 atom stereocenters. The highest BCUT2D eigenvalue weighted by Gasteiger charge is 2.35. The summed E-state index contributed by atoms with van der Waals surface area (Å²) in [5.74, 6) is -0.338. The number of nitrogens with zero attached hydrogens (tertiary/aromatic N) is 3. The van der Waals surface area contributed by atoms with E-state index in [0.717, 1.165) is 0 Å². The number of nitrogens with one attached hydrogen (secondary N) is 1. The van der Waals surface area contributed by atoms with E-state index in [-0.39, 0.29) is 30.5 Å². The quantitative estimate of drug-likeness (QED) is 0.439. The Hall–Kier alpha value is -3.75. The van der Waals surface area contributed by atoms with Gasteiger partial charge in [-0.3, -0.25) is 19.7 Å². The van der Waals surface area contributed by atoms with E-state index in [9.17, 15) is 19.7 Å². The topological polar surface area (TPSA) is 114 Å². The summed E-state index contributed by atoms with van der Waals surface area (Å²) >= 11 is 0. The molecular formula is C20H20N4O5. The van der Waals surface area contributed by atoms with Gasteiger partial charge in [-0.05, 0) is 31.2 Å². The molecule has 0 aromatic heterocycles. The van der Waals surface area contributed by atoms with E-state index in [0.29, 0.717) is 23.6 Å². The summed E-state index contributed by atoms with van der Waals surface area (Å²) in [6, 6.07) is 13.0. The van der Waals surface area contributed by atoms with E-state index in [1.54, 1.807) is 35.2 Å². The van der Waals surface area contributed by atoms with Gasteiger partial charge in [0.25, 0.3) is 5.69 Å². The van der Waals surface area contributed by atoms with E-state index in [4.69, 9.17) is 4.74 Å². The Morgan fingerprint density at radius 2 is 2.10 bits per heavy atom. The highest BCUT2D eigenvalue weighted by Crippen LogP contribution is 2.27. The number of hydrogen-bond acceptors (Lipinski definition) is 6. The maximum atomic E-state index is 12.3. The number of amides is 2. The number of hydrogen-bond donors (Lipinski definition) is 1. The number of rotatable bonds is 7. The van der Waals surface area contributed by atoms with Crippen LogP contribution in [0.1, 0.15) is 18.9 Å². The summed E-state index contributed by atoms with van der Waals surface area (Å²) in [4.78, 5) is 36.5. The molecule has 1 saturated heterocycles. The second kappa shape index (κ2) is 8.96. The number of carbonyl (C=O) groups excluding carboxylic acids is 2. The van der Waals surface area contributed by atoms with E-state index in [1.807, 2.05) is 6.92 Å². The molecule has 3 rings (SSSR count). The number of hydrazone groups is 1. The Morgan fingerprint density at radius 1 is 1.34 bits per heavy atom. The van der Waals surface area contributed by atoms with Crippen LogP contribution >= 0.6 is 0 Å². The summed E-state index contributed by atoms with van der Waals surface area (Å²) in [5.41, 5.74) is 3.53. The van der Waals surface area contributed by atoms with Crippen LogP contribution in [0.15, 0.2) is 53.6 Å². The van der Waals surface area contributed by atoms with Crippen LogP contribution in [0.4, 0.5) is 11.4 Å². The fourth-order valence-corrected chi connectivity index (χ4v) is 3.00. The molecule has 0 spiro atoms. The predicted octanol–water partition coefficient (Wildman–Crippen LogP) is 2.50. The third kappa shape index (κ3) is 4.95. The molecule has 1 aliphatic heterocycles. The van der Waals surface area contributed by atoms with E-state index >= 15 is 0 Å². The lowest BCUT2D eigenvalue weighted by molar-refractivity contribution is -0.384. The molecule has 150 valence electrons. The highest BCUT2D eigenvalue weighted by atomic mass is 16.6. The van der Waals surface area contributed by atoms with Gasteiger partial charge in [0.15, 0.2) is 0 Å². The predicted molar refractivity (Wildman–Crippen MR) is 107 cm³/mol. The van der Waals surface area contributed by atoms with Crippen LogP contribution in [0.2, 0.25) is 0 Å². The van der Waals surface area contributed by atoms with Crippen molar-refractivity contribution in [3.63, 3.8) is 0 Å². The van der Waals surface area contributed by atoms with Crippen molar-refractivity contribution in [1.29, 1.82) is 0 Å². The van der Waals surface area contributed by atoms with Crippen LogP contribution in [0.5, 0.6) is 5.75 Å². The van der Waals surface area contributed by atoms with Gasteiger partial charge in [-0.1, -0.05) is 12.1 Å². The van der Waals surface area contributed by atoms with Gasteiger partial charge >= 0.3 is 0 Å². The highest BCUT2D eigenvalue weighted by molar-refractivity contribution is 6.00. The molecule has 1 N–H and O–H groups in total. The van der Waals surface area contributed by atoms with E-state index in [2.05, 4.69) is 10.5 Å². The van der Waals surface area contributed by atoms with Crippen molar-refractivity contribution in [3.8, 4) is 5.75 Å². The van der Waals surface area contributed by atoms with Crippen molar-refractivity contribution in [2.45, 2.75) is 13.3 Å². The van der Waals surface area contributed by atoms with Gasteiger partial charge in [-0.15, -0.1) is 0 Å². The molecular weight excluding hydrogens is 376 g/mol. The molecule has 0 unspecified atom stereocenters. The van der Waals surface area contributed by atoms with Gasteiger partial charge in [-0.2, -0.15) is 5.10 Å². The number of ether oxygens (including phenoxy) is 1. The average molecular weight is 396 g/mol. The number of carbonyl (C=O) groups is 2. The summed E-state index contributed by atoms with van der Waals surface area (Å²) < 4.78 is 5.39. The van der Waals surface area contributed by atoms with Gasteiger partial charge in [0.05, 0.1) is 23.7 Å². The number of non-ortho nitro benzene ring substituents is 1. The molecule has 1 fully saturated rings. The number of nitro benzene ring substituents is 1. The van der Waals surface area contributed by atoms with Crippen molar-refractivity contribution < 1.29 is 19.2 Å². The molecule has 9 heteroatoms. The summed E-state index contributed by atoms with van der Waals surface area (Å²) in [6.45, 7) is 2.70. The lowest BCUT2D eigenvalue weighted by Crippen LogP contribution is -2.30. The monoisotopic (exact) mass is 396 g/mol. The first-order chi connectivity index (χ1) is 14.0. The average Bonchev–Trinajstić information content (AvgIpc) is 3.11. The van der Waals surface area contributed by atoms with Gasteiger partial charge in [0, 0.05) is 36.3 Å². The van der Waals surface area contributed by atoms with Gasteiger partial charge in [0.2, 0.25) is 11.8 Å². The van der Waals surface area contributed by atoms with Crippen LogP contribution in [0, 0.1) is 16.0 Å². The fourth-order valence-electron chi connectivity index (χ4n) is 3.00. The smallest absolute Gasteiger partial charge is 0.270 e. The minimum atomic E-state index is -0.531. The minimum Gasteiger partial charge on any atom is -0.494 e. The van der Waals surface area contributed by atoms with Crippen molar-refractivity contribution in [1.82, 2.24) is 5.43 Å². The zero-order valence-corrected chi connectivity index (χ0v) is 15.8. The number of benzene rings is 2. The summed E-state index contributed by atoms with van der Waals surface area (Å²) in [6.07, 6.45) is 1.41. The van der Waals surface area contributed by atoms with Gasteiger partial charge in [-0.25, -0.2) is 5.43 Å². The lowest BCUT2D eigenvalue weighted by atomic mass is 10.1. The molecule has 0 bridgehead atoms. The van der Waals surface area contributed by atoms with Gasteiger partial charge < -0.3 is 9.64 Å². The van der Waals surface area contributed by atoms with Crippen LogP contribution < -0.4 is 15.1 Å². The van der Waals surface area contributed by atoms with Crippen molar-refractivity contribution >= 4 is 29.4 Å². The maximum Gasteiger partial charge on any atom is 0.270 e. The van der Waals surface area contributed by atoms with Crippen LogP contribution in [-0.4, -0.2) is 36.1 Å². The Balaban J connectivity index is 1.58. The number of nitro groups is 1. The SMILES string of the molecule is CCOc1ccc(N2C[C@H](C(=O)N/N=C\c3cccc([N+](=O)[O-])c3)CC2=O)cc1. The molecule has 1 aliphatic rings. The Labute approximate surface area is 167 Å². The fraction of sp³-hybridized carbons (Fsp3) is 0.250. The first-order valence-electron chi connectivity index (χ1n) is 9.08. The molecule has 2 aromatic rings. The Kier molecular flexibility index (Phi) is 6.18. The van der Waals surface area contributed by atoms with Crippen LogP contribution in [-0.2, 0) is 9.59 Å². The molecule has 1 heterocycles. The second-order valence-corrected chi connectivity index (χ2v) is 6.42. The largest absolute Gasteiger partial charge is 0.494 e. The van der Waals surface area contributed by atoms with Crippen molar-refractivity contribution in [2.75, 3.05) is 18.1 Å². The zero-order chi connectivity index (χ0) is 20.8. The first-order valence-corrected chi connectivity index (χ1v) is 9.08. The van der Waals surface area contributed by atoms with Crippen molar-refractivity contribution in [2.24, 2.45) is 11.0 Å². The van der Waals surface area contributed by atoms with Gasteiger partial charge in [0.1, 0.15) is 5.75 Å². The Morgan fingerprint density at radius 3 is 2.79 bits per heavy atom. The molecule has 0 aliphatic carbocycles. The van der Waals surface area contributed by atoms with Crippen LogP contribution in [0.25, 0.3) is 0 Å². The molecule has 0 saturated carbocycles. The number of anilines is 1. The lowest BCUT2D eigenvalue weighted by Gasteiger charge is -2.17.